The number of aromatic nitrogens is 2. The van der Waals surface area contributed by atoms with Crippen molar-refractivity contribution in [1.82, 2.24) is 9.97 Å². The summed E-state index contributed by atoms with van der Waals surface area (Å²) in [6, 6.07) is 6.11. The smallest absolute Gasteiger partial charge is 0.225 e. The zero-order chi connectivity index (χ0) is 16.4. The molecule has 2 aromatic rings. The highest BCUT2D eigenvalue weighted by Crippen LogP contribution is 2.25. The van der Waals surface area contributed by atoms with Crippen molar-refractivity contribution in [3.63, 3.8) is 0 Å². The summed E-state index contributed by atoms with van der Waals surface area (Å²) in [6.07, 6.45) is 1.41. The van der Waals surface area contributed by atoms with Gasteiger partial charge >= 0.3 is 0 Å². The second-order valence-corrected chi connectivity index (χ2v) is 8.76. The first-order chi connectivity index (χ1) is 11.0. The number of rotatable bonds is 3. The van der Waals surface area contributed by atoms with Crippen LogP contribution in [0.1, 0.15) is 5.69 Å². The average molecular weight is 370 g/mol. The topological polar surface area (TPSA) is 63.2 Å². The van der Waals surface area contributed by atoms with Gasteiger partial charge in [-0.05, 0) is 31.2 Å². The molecule has 0 aliphatic carbocycles. The van der Waals surface area contributed by atoms with Crippen LogP contribution in [0.15, 0.2) is 40.3 Å². The number of hydrogen-bond donors (Lipinski definition) is 0. The van der Waals surface area contributed by atoms with E-state index in [2.05, 4.69) is 14.9 Å². The van der Waals surface area contributed by atoms with E-state index in [0.717, 1.165) is 24.6 Å². The highest BCUT2D eigenvalue weighted by molar-refractivity contribution is 7.99. The predicted octanol–water partition coefficient (Wildman–Crippen LogP) is 2.82. The SMILES string of the molecule is Cc1nc(N2CCSCC2)ncc1S(=O)(=O)c1ccc(Cl)cc1. The lowest BCUT2D eigenvalue weighted by molar-refractivity contribution is 0.594. The molecule has 1 aromatic carbocycles. The zero-order valence-electron chi connectivity index (χ0n) is 12.6. The monoisotopic (exact) mass is 369 g/mol. The molecule has 1 aliphatic rings. The number of benzene rings is 1. The Kier molecular flexibility index (Phi) is 4.79. The Balaban J connectivity index is 1.95. The van der Waals surface area contributed by atoms with Crippen molar-refractivity contribution in [3.05, 3.63) is 41.2 Å². The largest absolute Gasteiger partial charge is 0.339 e. The Bertz CT molecular complexity index is 804. The molecular formula is C15H16ClN3O2S2. The summed E-state index contributed by atoms with van der Waals surface area (Å²) in [7, 11) is -3.64. The summed E-state index contributed by atoms with van der Waals surface area (Å²) < 4.78 is 25.4. The van der Waals surface area contributed by atoms with Gasteiger partial charge in [-0.15, -0.1) is 0 Å². The summed E-state index contributed by atoms with van der Waals surface area (Å²) in [6.45, 7) is 3.47. The number of thioether (sulfide) groups is 1. The van der Waals surface area contributed by atoms with Crippen LogP contribution in [-0.4, -0.2) is 43.0 Å². The van der Waals surface area contributed by atoms with E-state index in [9.17, 15) is 8.42 Å². The van der Waals surface area contributed by atoms with Gasteiger partial charge in [0.15, 0.2) is 0 Å². The van der Waals surface area contributed by atoms with Crippen molar-refractivity contribution in [2.45, 2.75) is 16.7 Å². The van der Waals surface area contributed by atoms with Gasteiger partial charge in [-0.1, -0.05) is 11.6 Å². The fraction of sp³-hybridized carbons (Fsp3) is 0.333. The number of hydrogen-bond acceptors (Lipinski definition) is 6. The minimum absolute atomic E-state index is 0.134. The maximum atomic E-state index is 12.7. The van der Waals surface area contributed by atoms with Crippen LogP contribution in [0.4, 0.5) is 5.95 Å². The Morgan fingerprint density at radius 1 is 1.17 bits per heavy atom. The molecule has 0 bridgehead atoms. The standard InChI is InChI=1S/C15H16ClN3O2S2/c1-11-14(23(20,21)13-4-2-12(16)3-5-13)10-17-15(18-11)19-6-8-22-9-7-19/h2-5,10H,6-9H2,1H3. The first-order valence-corrected chi connectivity index (χ1v) is 10.2. The van der Waals surface area contributed by atoms with Crippen LogP contribution in [0.5, 0.6) is 0 Å². The molecule has 1 aliphatic heterocycles. The quantitative estimate of drug-likeness (QED) is 0.829. The van der Waals surface area contributed by atoms with E-state index in [4.69, 9.17) is 11.6 Å². The number of aryl methyl sites for hydroxylation is 1. The Morgan fingerprint density at radius 3 is 2.43 bits per heavy atom. The summed E-state index contributed by atoms with van der Waals surface area (Å²) in [4.78, 5) is 11.1. The molecule has 0 spiro atoms. The van der Waals surface area contributed by atoms with E-state index in [1.54, 1.807) is 19.1 Å². The Hall–Kier alpha value is -1.31. The van der Waals surface area contributed by atoms with Crippen LogP contribution < -0.4 is 4.90 Å². The molecule has 1 saturated heterocycles. The number of sulfone groups is 1. The van der Waals surface area contributed by atoms with E-state index in [1.165, 1.54) is 18.3 Å². The van der Waals surface area contributed by atoms with Crippen LogP contribution in [0.3, 0.4) is 0 Å². The minimum Gasteiger partial charge on any atom is -0.339 e. The van der Waals surface area contributed by atoms with Gasteiger partial charge in [0.25, 0.3) is 0 Å². The van der Waals surface area contributed by atoms with Gasteiger partial charge in [0, 0.05) is 29.6 Å². The van der Waals surface area contributed by atoms with Gasteiger partial charge < -0.3 is 4.90 Å². The highest BCUT2D eigenvalue weighted by atomic mass is 35.5. The second kappa shape index (κ2) is 6.67. The minimum atomic E-state index is -3.64. The molecule has 3 rings (SSSR count). The van der Waals surface area contributed by atoms with E-state index in [0.29, 0.717) is 16.7 Å². The third-order valence-corrected chi connectivity index (χ3v) is 6.70. The molecule has 122 valence electrons. The van der Waals surface area contributed by atoms with Crippen LogP contribution in [0.25, 0.3) is 0 Å². The number of halogens is 1. The molecule has 1 aromatic heterocycles. The van der Waals surface area contributed by atoms with Crippen LogP contribution in [0.2, 0.25) is 5.02 Å². The van der Waals surface area contributed by atoms with Gasteiger partial charge in [0.1, 0.15) is 4.90 Å². The van der Waals surface area contributed by atoms with Gasteiger partial charge in [0.2, 0.25) is 15.8 Å². The highest BCUT2D eigenvalue weighted by Gasteiger charge is 2.23. The molecule has 8 heteroatoms. The lowest BCUT2D eigenvalue weighted by atomic mass is 10.4. The molecule has 0 atom stereocenters. The van der Waals surface area contributed by atoms with Crippen molar-refractivity contribution in [3.8, 4) is 0 Å². The van der Waals surface area contributed by atoms with Crippen molar-refractivity contribution in [2.24, 2.45) is 0 Å². The van der Waals surface area contributed by atoms with Gasteiger partial charge in [-0.2, -0.15) is 11.8 Å². The van der Waals surface area contributed by atoms with E-state index < -0.39 is 9.84 Å². The summed E-state index contributed by atoms with van der Waals surface area (Å²) in [5.74, 6) is 2.67. The molecule has 0 saturated carbocycles. The molecule has 1 fully saturated rings. The molecule has 0 amide bonds. The Labute approximate surface area is 145 Å². The van der Waals surface area contributed by atoms with Crippen molar-refractivity contribution in [1.29, 1.82) is 0 Å². The summed E-state index contributed by atoms with van der Waals surface area (Å²) in [5.41, 5.74) is 0.461. The van der Waals surface area contributed by atoms with E-state index in [1.807, 2.05) is 11.8 Å². The fourth-order valence-electron chi connectivity index (χ4n) is 2.36. The summed E-state index contributed by atoms with van der Waals surface area (Å²) >= 11 is 7.72. The lowest BCUT2D eigenvalue weighted by Crippen LogP contribution is -2.34. The molecule has 0 unspecified atom stereocenters. The first-order valence-electron chi connectivity index (χ1n) is 7.15. The Morgan fingerprint density at radius 2 is 1.83 bits per heavy atom. The maximum Gasteiger partial charge on any atom is 0.225 e. The third-order valence-electron chi connectivity index (χ3n) is 3.63. The fourth-order valence-corrected chi connectivity index (χ4v) is 4.77. The molecule has 23 heavy (non-hydrogen) atoms. The molecular weight excluding hydrogens is 354 g/mol. The number of anilines is 1. The van der Waals surface area contributed by atoms with Crippen LogP contribution in [0, 0.1) is 6.92 Å². The lowest BCUT2D eigenvalue weighted by Gasteiger charge is -2.26. The van der Waals surface area contributed by atoms with Crippen molar-refractivity contribution < 1.29 is 8.42 Å². The molecule has 5 nitrogen and oxygen atoms in total. The predicted molar refractivity (Wildman–Crippen MR) is 93.2 cm³/mol. The summed E-state index contributed by atoms with van der Waals surface area (Å²) in [5, 5.41) is 0.496. The molecule has 0 radical (unpaired) electrons. The van der Waals surface area contributed by atoms with Crippen molar-refractivity contribution >= 4 is 39.1 Å². The maximum absolute atomic E-state index is 12.7. The van der Waals surface area contributed by atoms with E-state index in [-0.39, 0.29) is 9.79 Å². The van der Waals surface area contributed by atoms with Crippen molar-refractivity contribution in [2.75, 3.05) is 29.5 Å². The van der Waals surface area contributed by atoms with Crippen LogP contribution >= 0.6 is 23.4 Å². The van der Waals surface area contributed by atoms with E-state index >= 15 is 0 Å². The number of nitrogens with zero attached hydrogens (tertiary/aromatic N) is 3. The zero-order valence-corrected chi connectivity index (χ0v) is 15.0. The average Bonchev–Trinajstić information content (AvgIpc) is 2.56. The second-order valence-electron chi connectivity index (χ2n) is 5.18. The molecule has 0 N–H and O–H groups in total. The van der Waals surface area contributed by atoms with Gasteiger partial charge in [-0.25, -0.2) is 18.4 Å². The first kappa shape index (κ1) is 16.5. The normalized spacial score (nSPS) is 15.7. The van der Waals surface area contributed by atoms with Crippen LogP contribution in [-0.2, 0) is 9.84 Å². The molecule has 2 heterocycles. The van der Waals surface area contributed by atoms with Gasteiger partial charge in [0.05, 0.1) is 16.8 Å². The van der Waals surface area contributed by atoms with Gasteiger partial charge in [-0.3, -0.25) is 0 Å². The third kappa shape index (κ3) is 3.46.